The quantitative estimate of drug-likeness (QED) is 0.304. The molecule has 0 aliphatic rings. The van der Waals surface area contributed by atoms with Crippen molar-refractivity contribution in [1.29, 1.82) is 5.41 Å². The molecule has 0 bridgehead atoms. The maximum absolute atomic E-state index is 13.0. The van der Waals surface area contributed by atoms with Gasteiger partial charge in [0, 0.05) is 22.5 Å². The van der Waals surface area contributed by atoms with Crippen LogP contribution in [0.15, 0.2) is 66.7 Å². The van der Waals surface area contributed by atoms with E-state index in [9.17, 15) is 4.79 Å². The Morgan fingerprint density at radius 3 is 2.40 bits per heavy atom. The molecule has 0 fully saturated rings. The molecule has 6 N–H and O–H groups in total. The van der Waals surface area contributed by atoms with Crippen LogP contribution in [0.1, 0.15) is 29.0 Å². The summed E-state index contributed by atoms with van der Waals surface area (Å²) < 4.78 is 0. The molecule has 0 radical (unpaired) electrons. The van der Waals surface area contributed by atoms with Crippen molar-refractivity contribution >= 4 is 46.2 Å². The summed E-state index contributed by atoms with van der Waals surface area (Å²) in [6, 6.07) is 19.5. The van der Waals surface area contributed by atoms with Crippen molar-refractivity contribution in [2.45, 2.75) is 12.3 Å². The maximum atomic E-state index is 13.0. The van der Waals surface area contributed by atoms with Crippen LogP contribution in [0.25, 0.3) is 0 Å². The molecule has 0 spiro atoms. The summed E-state index contributed by atoms with van der Waals surface area (Å²) in [4.78, 5) is 13.0. The highest BCUT2D eigenvalue weighted by atomic mass is 35.5. The second-order valence-corrected chi connectivity index (χ2v) is 7.65. The number of halogens is 2. The molecule has 1 atom stereocenters. The van der Waals surface area contributed by atoms with E-state index in [1.54, 1.807) is 36.4 Å². The Morgan fingerprint density at radius 1 is 1.00 bits per heavy atom. The number of carbonyl (C=O) groups excluding carboxylic acids is 1. The molecule has 0 saturated carbocycles. The predicted molar refractivity (Wildman–Crippen MR) is 125 cm³/mol. The van der Waals surface area contributed by atoms with E-state index in [1.165, 1.54) is 0 Å². The van der Waals surface area contributed by atoms with Crippen LogP contribution in [0.4, 0.5) is 11.4 Å². The molecular weight excluding hydrogens is 419 g/mol. The third-order valence-corrected chi connectivity index (χ3v) is 5.51. The molecule has 0 aromatic heterocycles. The molecule has 154 valence electrons. The van der Waals surface area contributed by atoms with E-state index >= 15 is 0 Å². The van der Waals surface area contributed by atoms with E-state index in [4.69, 9.17) is 40.1 Å². The van der Waals surface area contributed by atoms with E-state index < -0.39 is 5.92 Å². The van der Waals surface area contributed by atoms with Crippen LogP contribution in [-0.4, -0.2) is 18.2 Å². The van der Waals surface area contributed by atoms with Crippen LogP contribution < -0.4 is 16.8 Å². The Labute approximate surface area is 185 Å². The minimum Gasteiger partial charge on any atom is -0.398 e. The van der Waals surface area contributed by atoms with Gasteiger partial charge in [0.2, 0.25) is 5.91 Å². The first-order valence-electron chi connectivity index (χ1n) is 9.40. The SMILES string of the molecule is N=C(c1ccccc1)c1cc(NC(=O)C(CCN)c2ccc(Cl)c(Cl)c2)ccc1N. The number of hydrogen-bond acceptors (Lipinski definition) is 4. The Balaban J connectivity index is 1.86. The van der Waals surface area contributed by atoms with E-state index in [1.807, 2.05) is 30.3 Å². The van der Waals surface area contributed by atoms with E-state index in [2.05, 4.69) is 5.32 Å². The van der Waals surface area contributed by atoms with Crippen molar-refractivity contribution in [3.8, 4) is 0 Å². The molecule has 5 nitrogen and oxygen atoms in total. The number of anilines is 2. The van der Waals surface area contributed by atoms with Gasteiger partial charge in [-0.3, -0.25) is 10.2 Å². The Morgan fingerprint density at radius 2 is 1.73 bits per heavy atom. The number of hydrogen-bond donors (Lipinski definition) is 4. The van der Waals surface area contributed by atoms with Gasteiger partial charge in [0.05, 0.1) is 21.7 Å². The van der Waals surface area contributed by atoms with E-state index in [0.717, 1.165) is 11.1 Å². The molecule has 3 rings (SSSR count). The largest absolute Gasteiger partial charge is 0.398 e. The molecule has 7 heteroatoms. The van der Waals surface area contributed by atoms with Gasteiger partial charge in [-0.25, -0.2) is 0 Å². The molecule has 1 unspecified atom stereocenters. The maximum Gasteiger partial charge on any atom is 0.231 e. The average molecular weight is 441 g/mol. The summed E-state index contributed by atoms with van der Waals surface area (Å²) in [6.45, 7) is 0.337. The summed E-state index contributed by atoms with van der Waals surface area (Å²) >= 11 is 12.1. The highest BCUT2D eigenvalue weighted by molar-refractivity contribution is 6.42. The lowest BCUT2D eigenvalue weighted by atomic mass is 9.94. The fraction of sp³-hybridized carbons (Fsp3) is 0.130. The molecule has 0 aliphatic carbocycles. The number of benzene rings is 3. The summed E-state index contributed by atoms with van der Waals surface area (Å²) in [5.41, 5.74) is 15.1. The van der Waals surface area contributed by atoms with Crippen LogP contribution in [0.5, 0.6) is 0 Å². The lowest BCUT2D eigenvalue weighted by Gasteiger charge is -2.18. The monoisotopic (exact) mass is 440 g/mol. The lowest BCUT2D eigenvalue weighted by molar-refractivity contribution is -0.117. The first kappa shape index (κ1) is 21.8. The van der Waals surface area contributed by atoms with Gasteiger partial charge in [-0.2, -0.15) is 0 Å². The molecule has 1 amide bonds. The van der Waals surface area contributed by atoms with Crippen molar-refractivity contribution in [1.82, 2.24) is 0 Å². The Kier molecular flexibility index (Phi) is 7.11. The summed E-state index contributed by atoms with van der Waals surface area (Å²) in [5, 5.41) is 12.2. The van der Waals surface area contributed by atoms with Gasteiger partial charge in [0.1, 0.15) is 0 Å². The fourth-order valence-corrected chi connectivity index (χ4v) is 3.49. The first-order valence-corrected chi connectivity index (χ1v) is 10.2. The van der Waals surface area contributed by atoms with Crippen molar-refractivity contribution in [2.75, 3.05) is 17.6 Å². The summed E-state index contributed by atoms with van der Waals surface area (Å²) in [7, 11) is 0. The zero-order chi connectivity index (χ0) is 21.7. The third kappa shape index (κ3) is 5.00. The third-order valence-electron chi connectivity index (χ3n) is 4.77. The number of nitrogen functional groups attached to an aromatic ring is 1. The van der Waals surface area contributed by atoms with Crippen LogP contribution in [-0.2, 0) is 4.79 Å². The molecule has 3 aromatic rings. The van der Waals surface area contributed by atoms with Gasteiger partial charge in [0.25, 0.3) is 0 Å². The zero-order valence-electron chi connectivity index (χ0n) is 16.2. The zero-order valence-corrected chi connectivity index (χ0v) is 17.7. The number of nitrogens with two attached hydrogens (primary N) is 2. The molecule has 0 heterocycles. The number of carbonyl (C=O) groups is 1. The summed E-state index contributed by atoms with van der Waals surface area (Å²) in [6.07, 6.45) is 0.450. The number of nitrogens with one attached hydrogen (secondary N) is 2. The molecule has 0 saturated heterocycles. The van der Waals surface area contributed by atoms with Crippen LogP contribution in [0, 0.1) is 5.41 Å². The highest BCUT2D eigenvalue weighted by Crippen LogP contribution is 2.29. The highest BCUT2D eigenvalue weighted by Gasteiger charge is 2.21. The first-order chi connectivity index (χ1) is 14.4. The number of rotatable bonds is 7. The smallest absolute Gasteiger partial charge is 0.231 e. The van der Waals surface area contributed by atoms with Crippen molar-refractivity contribution < 1.29 is 4.79 Å². The van der Waals surface area contributed by atoms with Gasteiger partial charge in [-0.05, 0) is 48.9 Å². The standard InChI is InChI=1S/C23H22Cl2N4O/c24-19-8-6-15(12-20(19)25)17(10-11-26)23(30)29-16-7-9-21(27)18(13-16)22(28)14-4-2-1-3-5-14/h1-9,12-13,17,28H,10-11,26-27H2,(H,29,30). The Hall–Kier alpha value is -2.86. The van der Waals surface area contributed by atoms with Gasteiger partial charge in [-0.1, -0.05) is 59.6 Å². The van der Waals surface area contributed by atoms with Crippen molar-refractivity contribution in [3.63, 3.8) is 0 Å². The van der Waals surface area contributed by atoms with Gasteiger partial charge in [-0.15, -0.1) is 0 Å². The minimum absolute atomic E-state index is 0.221. The fourth-order valence-electron chi connectivity index (χ4n) is 3.19. The average Bonchev–Trinajstić information content (AvgIpc) is 2.75. The number of amides is 1. The van der Waals surface area contributed by atoms with Crippen LogP contribution in [0.3, 0.4) is 0 Å². The molecule has 30 heavy (non-hydrogen) atoms. The van der Waals surface area contributed by atoms with E-state index in [-0.39, 0.29) is 11.6 Å². The van der Waals surface area contributed by atoms with Crippen molar-refractivity contribution in [2.24, 2.45) is 5.73 Å². The van der Waals surface area contributed by atoms with Gasteiger partial charge in [0.15, 0.2) is 0 Å². The van der Waals surface area contributed by atoms with Gasteiger partial charge < -0.3 is 16.8 Å². The minimum atomic E-state index is -0.487. The second kappa shape index (κ2) is 9.76. The normalized spacial score (nSPS) is 11.7. The molecule has 0 aliphatic heterocycles. The Bertz CT molecular complexity index is 1070. The van der Waals surface area contributed by atoms with Crippen molar-refractivity contribution in [3.05, 3.63) is 93.5 Å². The van der Waals surface area contributed by atoms with Crippen LogP contribution in [0.2, 0.25) is 10.0 Å². The lowest BCUT2D eigenvalue weighted by Crippen LogP contribution is -2.24. The summed E-state index contributed by atoms with van der Waals surface area (Å²) in [5.74, 6) is -0.708. The molecule has 3 aromatic carbocycles. The van der Waals surface area contributed by atoms with Crippen LogP contribution >= 0.6 is 23.2 Å². The molecular formula is C23H22Cl2N4O. The van der Waals surface area contributed by atoms with E-state index in [0.29, 0.717) is 39.9 Å². The second-order valence-electron chi connectivity index (χ2n) is 6.84. The predicted octanol–water partition coefficient (Wildman–Crippen LogP) is 5.06. The topological polar surface area (TPSA) is 105 Å². The van der Waals surface area contributed by atoms with Gasteiger partial charge >= 0.3 is 0 Å².